The van der Waals surface area contributed by atoms with E-state index >= 15 is 0 Å². The molecule has 0 heterocycles. The highest BCUT2D eigenvalue weighted by Gasteiger charge is 2.31. The Labute approximate surface area is 97.7 Å². The van der Waals surface area contributed by atoms with Gasteiger partial charge in [0.25, 0.3) is 0 Å². The van der Waals surface area contributed by atoms with Crippen LogP contribution in [0.25, 0.3) is 0 Å². The van der Waals surface area contributed by atoms with Crippen LogP contribution in [0.5, 0.6) is 0 Å². The van der Waals surface area contributed by atoms with Crippen LogP contribution in [0.15, 0.2) is 0 Å². The molecule has 7 heteroatoms. The van der Waals surface area contributed by atoms with Crippen molar-refractivity contribution in [1.29, 1.82) is 0 Å². The molecular formula is C10H17F3N2O2. The summed E-state index contributed by atoms with van der Waals surface area (Å²) in [4.78, 5) is 11.3. The molecule has 0 aromatic heterocycles. The van der Waals surface area contributed by atoms with E-state index in [1.54, 1.807) is 0 Å². The zero-order valence-corrected chi connectivity index (χ0v) is 9.43. The maximum absolute atomic E-state index is 11.7. The molecule has 0 saturated heterocycles. The summed E-state index contributed by atoms with van der Waals surface area (Å²) in [5, 5.41) is 2.70. The van der Waals surface area contributed by atoms with Crippen LogP contribution in [0.3, 0.4) is 0 Å². The van der Waals surface area contributed by atoms with Crippen molar-refractivity contribution in [3.05, 3.63) is 0 Å². The van der Waals surface area contributed by atoms with E-state index in [2.05, 4.69) is 10.1 Å². The van der Waals surface area contributed by atoms with Gasteiger partial charge in [0.1, 0.15) is 6.61 Å². The minimum atomic E-state index is -4.34. The summed E-state index contributed by atoms with van der Waals surface area (Å²) in [6.45, 7) is -1.18. The number of amides is 1. The quantitative estimate of drug-likeness (QED) is 0.661. The molecule has 3 N–H and O–H groups in total. The molecule has 1 atom stereocenters. The number of carbonyl (C=O) groups is 1. The zero-order chi connectivity index (χ0) is 12.9. The summed E-state index contributed by atoms with van der Waals surface area (Å²) in [6.07, 6.45) is -2.32. The lowest BCUT2D eigenvalue weighted by Gasteiger charge is -2.16. The van der Waals surface area contributed by atoms with Gasteiger partial charge in [0.2, 0.25) is 5.91 Å². The van der Waals surface area contributed by atoms with Crippen molar-refractivity contribution in [2.45, 2.75) is 31.5 Å². The molecule has 4 nitrogen and oxygen atoms in total. The molecule has 0 aromatic rings. The minimum absolute atomic E-state index is 0.0508. The summed E-state index contributed by atoms with van der Waals surface area (Å²) in [7, 11) is 0. The topological polar surface area (TPSA) is 64.3 Å². The van der Waals surface area contributed by atoms with Crippen LogP contribution in [0.4, 0.5) is 13.2 Å². The number of hydrogen-bond acceptors (Lipinski definition) is 3. The molecule has 1 aliphatic carbocycles. The lowest BCUT2D eigenvalue weighted by molar-refractivity contribution is -0.174. The molecule has 1 aliphatic rings. The van der Waals surface area contributed by atoms with E-state index < -0.39 is 12.8 Å². The molecule has 0 spiro atoms. The Morgan fingerprint density at radius 1 is 1.47 bits per heavy atom. The van der Waals surface area contributed by atoms with Gasteiger partial charge in [-0.2, -0.15) is 13.2 Å². The second kappa shape index (κ2) is 6.20. The highest BCUT2D eigenvalue weighted by molar-refractivity contribution is 5.76. The molecule has 1 unspecified atom stereocenters. The van der Waals surface area contributed by atoms with Gasteiger partial charge in [0.15, 0.2) is 0 Å². The van der Waals surface area contributed by atoms with Crippen LogP contribution in [-0.4, -0.2) is 37.9 Å². The predicted molar refractivity (Wildman–Crippen MR) is 55.2 cm³/mol. The lowest BCUT2D eigenvalue weighted by Crippen LogP contribution is -2.42. The van der Waals surface area contributed by atoms with Crippen LogP contribution in [0.2, 0.25) is 0 Å². The van der Waals surface area contributed by atoms with Crippen molar-refractivity contribution in [3.8, 4) is 0 Å². The Balaban J connectivity index is 2.08. The monoisotopic (exact) mass is 254 g/mol. The smallest absolute Gasteiger partial charge is 0.372 e. The van der Waals surface area contributed by atoms with Crippen molar-refractivity contribution in [2.24, 2.45) is 11.7 Å². The number of nitrogens with two attached hydrogens (primary N) is 1. The number of rotatable bonds is 7. The SMILES string of the molecule is NCC(NC(=O)CCOCC(F)(F)F)C1CC1. The number of halogens is 3. The Hall–Kier alpha value is -0.820. The Morgan fingerprint density at radius 2 is 2.12 bits per heavy atom. The van der Waals surface area contributed by atoms with E-state index in [1.165, 1.54) is 0 Å². The van der Waals surface area contributed by atoms with Gasteiger partial charge in [-0.1, -0.05) is 0 Å². The van der Waals surface area contributed by atoms with E-state index in [0.29, 0.717) is 12.5 Å². The zero-order valence-electron chi connectivity index (χ0n) is 9.43. The van der Waals surface area contributed by atoms with Crippen molar-refractivity contribution in [1.82, 2.24) is 5.32 Å². The third-order valence-corrected chi connectivity index (χ3v) is 2.53. The van der Waals surface area contributed by atoms with Gasteiger partial charge < -0.3 is 15.8 Å². The van der Waals surface area contributed by atoms with Crippen molar-refractivity contribution >= 4 is 5.91 Å². The van der Waals surface area contributed by atoms with E-state index in [9.17, 15) is 18.0 Å². The van der Waals surface area contributed by atoms with Gasteiger partial charge in [0.05, 0.1) is 6.61 Å². The summed E-state index contributed by atoms with van der Waals surface area (Å²) in [5.41, 5.74) is 5.48. The van der Waals surface area contributed by atoms with Crippen LogP contribution in [0, 0.1) is 5.92 Å². The maximum atomic E-state index is 11.7. The molecule has 0 radical (unpaired) electrons. The summed E-state index contributed by atoms with van der Waals surface area (Å²) < 4.78 is 39.5. The number of nitrogens with one attached hydrogen (secondary N) is 1. The molecule has 0 bridgehead atoms. The third kappa shape index (κ3) is 6.48. The fourth-order valence-corrected chi connectivity index (χ4v) is 1.50. The predicted octanol–water partition coefficient (Wildman–Crippen LogP) is 0.809. The molecule has 1 fully saturated rings. The standard InChI is InChI=1S/C10H17F3N2O2/c11-10(12,13)6-17-4-3-9(16)15-8(5-14)7-1-2-7/h7-8H,1-6,14H2,(H,15,16). The first kappa shape index (κ1) is 14.2. The Kier molecular flexibility index (Phi) is 5.20. The normalized spacial score (nSPS) is 17.9. The molecule has 17 heavy (non-hydrogen) atoms. The van der Waals surface area contributed by atoms with Gasteiger partial charge in [-0.15, -0.1) is 0 Å². The average molecular weight is 254 g/mol. The first-order valence-corrected chi connectivity index (χ1v) is 5.56. The largest absolute Gasteiger partial charge is 0.411 e. The van der Waals surface area contributed by atoms with Gasteiger partial charge in [-0.3, -0.25) is 4.79 Å². The second-order valence-electron chi connectivity index (χ2n) is 4.16. The van der Waals surface area contributed by atoms with E-state index in [0.717, 1.165) is 12.8 Å². The number of hydrogen-bond donors (Lipinski definition) is 2. The molecule has 100 valence electrons. The molecule has 1 saturated carbocycles. The maximum Gasteiger partial charge on any atom is 0.411 e. The minimum Gasteiger partial charge on any atom is -0.372 e. The first-order chi connectivity index (χ1) is 7.92. The van der Waals surface area contributed by atoms with Gasteiger partial charge >= 0.3 is 6.18 Å². The molecule has 1 rings (SSSR count). The Bertz CT molecular complexity index is 254. The number of carbonyl (C=O) groups excluding carboxylic acids is 1. The third-order valence-electron chi connectivity index (χ3n) is 2.53. The second-order valence-corrected chi connectivity index (χ2v) is 4.16. The molecule has 0 aliphatic heterocycles. The summed E-state index contributed by atoms with van der Waals surface area (Å²) in [6, 6.07) is -0.0508. The molecule has 0 aromatic carbocycles. The van der Waals surface area contributed by atoms with E-state index in [1.807, 2.05) is 0 Å². The van der Waals surface area contributed by atoms with E-state index in [-0.39, 0.29) is 25.0 Å². The summed E-state index contributed by atoms with van der Waals surface area (Å²) in [5.74, 6) is 0.120. The Morgan fingerprint density at radius 3 is 2.59 bits per heavy atom. The highest BCUT2D eigenvalue weighted by atomic mass is 19.4. The number of alkyl halides is 3. The van der Waals surface area contributed by atoms with Crippen LogP contribution < -0.4 is 11.1 Å². The van der Waals surface area contributed by atoms with Gasteiger partial charge in [-0.25, -0.2) is 0 Å². The van der Waals surface area contributed by atoms with Crippen molar-refractivity contribution in [3.63, 3.8) is 0 Å². The van der Waals surface area contributed by atoms with Crippen molar-refractivity contribution < 1.29 is 22.7 Å². The first-order valence-electron chi connectivity index (χ1n) is 5.56. The fourth-order valence-electron chi connectivity index (χ4n) is 1.50. The highest BCUT2D eigenvalue weighted by Crippen LogP contribution is 2.32. The fraction of sp³-hybridized carbons (Fsp3) is 0.900. The van der Waals surface area contributed by atoms with Crippen LogP contribution in [0.1, 0.15) is 19.3 Å². The molecule has 1 amide bonds. The van der Waals surface area contributed by atoms with Gasteiger partial charge in [-0.05, 0) is 18.8 Å². The van der Waals surface area contributed by atoms with Gasteiger partial charge in [0, 0.05) is 19.0 Å². The lowest BCUT2D eigenvalue weighted by atomic mass is 10.2. The average Bonchev–Trinajstić information content (AvgIpc) is 3.03. The molecular weight excluding hydrogens is 237 g/mol. The summed E-state index contributed by atoms with van der Waals surface area (Å²) >= 11 is 0. The van der Waals surface area contributed by atoms with E-state index in [4.69, 9.17) is 5.73 Å². The van der Waals surface area contributed by atoms with Crippen LogP contribution >= 0.6 is 0 Å². The van der Waals surface area contributed by atoms with Crippen LogP contribution in [-0.2, 0) is 9.53 Å². The van der Waals surface area contributed by atoms with Crippen molar-refractivity contribution in [2.75, 3.05) is 19.8 Å². The number of ether oxygens (including phenoxy) is 1.